The maximum absolute atomic E-state index is 11.9. The molecule has 1 heterocycles. The molecule has 23 heavy (non-hydrogen) atoms. The summed E-state index contributed by atoms with van der Waals surface area (Å²) in [4.78, 5) is 25.2. The number of esters is 1. The number of benzene rings is 1. The molecule has 2 rings (SSSR count). The number of rotatable bonds is 3. The summed E-state index contributed by atoms with van der Waals surface area (Å²) >= 11 is 0. The van der Waals surface area contributed by atoms with Crippen molar-refractivity contribution >= 4 is 17.7 Å². The van der Waals surface area contributed by atoms with Crippen LogP contribution in [-0.2, 0) is 9.47 Å². The normalized spacial score (nSPS) is 14.9. The first-order chi connectivity index (χ1) is 10.7. The largest absolute Gasteiger partial charge is 0.465 e. The number of methoxy groups -OCH3 is 1. The van der Waals surface area contributed by atoms with Crippen molar-refractivity contribution in [3.05, 3.63) is 29.3 Å². The molecule has 1 amide bonds. The topological polar surface area (TPSA) is 67.9 Å². The molecule has 0 unspecified atom stereocenters. The Labute approximate surface area is 136 Å². The highest BCUT2D eigenvalue weighted by Gasteiger charge is 2.33. The predicted molar refractivity (Wildman–Crippen MR) is 87.7 cm³/mol. The van der Waals surface area contributed by atoms with Gasteiger partial charge in [0.05, 0.1) is 18.7 Å². The number of amides is 1. The molecule has 1 N–H and O–H groups in total. The van der Waals surface area contributed by atoms with E-state index in [-0.39, 0.29) is 18.1 Å². The van der Waals surface area contributed by atoms with E-state index in [0.717, 1.165) is 11.3 Å². The van der Waals surface area contributed by atoms with Crippen LogP contribution < -0.4 is 5.32 Å². The molecule has 0 aromatic heterocycles. The molecule has 126 valence electrons. The monoisotopic (exact) mass is 320 g/mol. The van der Waals surface area contributed by atoms with Crippen molar-refractivity contribution in [1.82, 2.24) is 4.90 Å². The van der Waals surface area contributed by atoms with Crippen LogP contribution in [0.15, 0.2) is 18.2 Å². The SMILES string of the molecule is COC(=O)c1cc(NC2CN(C(=O)OC(C)(C)C)C2)ccc1C. The smallest absolute Gasteiger partial charge is 0.410 e. The molecule has 0 saturated carbocycles. The van der Waals surface area contributed by atoms with Gasteiger partial charge in [0.15, 0.2) is 0 Å². The second-order valence-electron chi connectivity index (χ2n) is 6.75. The fourth-order valence-electron chi connectivity index (χ4n) is 2.32. The first-order valence-electron chi connectivity index (χ1n) is 7.63. The van der Waals surface area contributed by atoms with Crippen LogP contribution in [0.3, 0.4) is 0 Å². The number of carbonyl (C=O) groups excluding carboxylic acids is 2. The average Bonchev–Trinajstić information content (AvgIpc) is 2.41. The number of nitrogens with zero attached hydrogens (tertiary/aromatic N) is 1. The molecular weight excluding hydrogens is 296 g/mol. The van der Waals surface area contributed by atoms with Gasteiger partial charge in [-0.2, -0.15) is 0 Å². The summed E-state index contributed by atoms with van der Waals surface area (Å²) in [7, 11) is 1.37. The van der Waals surface area contributed by atoms with Crippen molar-refractivity contribution in [3.8, 4) is 0 Å². The third-order valence-electron chi connectivity index (χ3n) is 3.55. The van der Waals surface area contributed by atoms with Crippen molar-refractivity contribution in [2.24, 2.45) is 0 Å². The predicted octanol–water partition coefficient (Wildman–Crippen LogP) is 2.81. The number of carbonyl (C=O) groups is 2. The highest BCUT2D eigenvalue weighted by molar-refractivity contribution is 5.92. The Hall–Kier alpha value is -2.24. The minimum Gasteiger partial charge on any atom is -0.465 e. The van der Waals surface area contributed by atoms with Gasteiger partial charge in [0, 0.05) is 18.8 Å². The van der Waals surface area contributed by atoms with Crippen molar-refractivity contribution < 1.29 is 19.1 Å². The van der Waals surface area contributed by atoms with Crippen molar-refractivity contribution in [1.29, 1.82) is 0 Å². The van der Waals surface area contributed by atoms with E-state index in [2.05, 4.69) is 5.32 Å². The standard InChI is InChI=1S/C17H24N2O4/c1-11-6-7-12(8-14(11)15(20)22-5)18-13-9-19(10-13)16(21)23-17(2,3)4/h6-8,13,18H,9-10H2,1-5H3. The van der Waals surface area contributed by atoms with Crippen LogP contribution in [-0.4, -0.2) is 48.8 Å². The second kappa shape index (κ2) is 6.48. The summed E-state index contributed by atoms with van der Waals surface area (Å²) in [6, 6.07) is 5.71. The Morgan fingerprint density at radius 1 is 1.26 bits per heavy atom. The van der Waals surface area contributed by atoms with Gasteiger partial charge in [0.2, 0.25) is 0 Å². The van der Waals surface area contributed by atoms with Crippen LogP contribution in [0.5, 0.6) is 0 Å². The van der Waals surface area contributed by atoms with Crippen LogP contribution in [0.1, 0.15) is 36.7 Å². The summed E-state index contributed by atoms with van der Waals surface area (Å²) < 4.78 is 10.1. The molecule has 0 aliphatic carbocycles. The maximum Gasteiger partial charge on any atom is 0.410 e. The van der Waals surface area contributed by atoms with E-state index in [0.29, 0.717) is 18.7 Å². The van der Waals surface area contributed by atoms with Gasteiger partial charge in [-0.15, -0.1) is 0 Å². The molecule has 1 aromatic carbocycles. The Balaban J connectivity index is 1.91. The van der Waals surface area contributed by atoms with Crippen LogP contribution in [0, 0.1) is 6.92 Å². The lowest BCUT2D eigenvalue weighted by molar-refractivity contribution is 0.0105. The fourth-order valence-corrected chi connectivity index (χ4v) is 2.32. The van der Waals surface area contributed by atoms with Crippen molar-refractivity contribution in [2.75, 3.05) is 25.5 Å². The Morgan fingerprint density at radius 2 is 1.91 bits per heavy atom. The molecule has 0 bridgehead atoms. The highest BCUT2D eigenvalue weighted by atomic mass is 16.6. The lowest BCUT2D eigenvalue weighted by atomic mass is 10.1. The minimum absolute atomic E-state index is 0.149. The third kappa shape index (κ3) is 4.37. The molecule has 6 nitrogen and oxygen atoms in total. The number of ether oxygens (including phenoxy) is 2. The molecule has 6 heteroatoms. The summed E-state index contributed by atoms with van der Waals surface area (Å²) in [6.07, 6.45) is -0.297. The summed E-state index contributed by atoms with van der Waals surface area (Å²) in [5.41, 5.74) is 1.76. The minimum atomic E-state index is -0.484. The van der Waals surface area contributed by atoms with E-state index in [1.165, 1.54) is 7.11 Å². The van der Waals surface area contributed by atoms with Crippen molar-refractivity contribution in [2.45, 2.75) is 39.3 Å². The van der Waals surface area contributed by atoms with E-state index in [1.54, 1.807) is 11.0 Å². The van der Waals surface area contributed by atoms with Crippen LogP contribution in [0.25, 0.3) is 0 Å². The van der Waals surface area contributed by atoms with Gasteiger partial charge in [-0.3, -0.25) is 0 Å². The van der Waals surface area contributed by atoms with E-state index in [9.17, 15) is 9.59 Å². The zero-order valence-corrected chi connectivity index (χ0v) is 14.3. The number of nitrogens with one attached hydrogen (secondary N) is 1. The van der Waals surface area contributed by atoms with Crippen LogP contribution in [0.2, 0.25) is 0 Å². The number of hydrogen-bond donors (Lipinski definition) is 1. The second-order valence-corrected chi connectivity index (χ2v) is 6.75. The van der Waals surface area contributed by atoms with Gasteiger partial charge in [-0.25, -0.2) is 9.59 Å². The van der Waals surface area contributed by atoms with E-state index < -0.39 is 5.60 Å². The quantitative estimate of drug-likeness (QED) is 0.867. The first-order valence-corrected chi connectivity index (χ1v) is 7.63. The molecule has 0 spiro atoms. The van der Waals surface area contributed by atoms with Crippen LogP contribution >= 0.6 is 0 Å². The Morgan fingerprint density at radius 3 is 2.48 bits per heavy atom. The van der Waals surface area contributed by atoms with Gasteiger partial charge in [0.1, 0.15) is 5.60 Å². The highest BCUT2D eigenvalue weighted by Crippen LogP contribution is 2.21. The molecule has 0 radical (unpaired) electrons. The van der Waals surface area contributed by atoms with Gasteiger partial charge in [0.25, 0.3) is 0 Å². The molecule has 1 fully saturated rings. The maximum atomic E-state index is 11.9. The number of anilines is 1. The Kier molecular flexibility index (Phi) is 4.82. The summed E-state index contributed by atoms with van der Waals surface area (Å²) in [5.74, 6) is -0.352. The fraction of sp³-hybridized carbons (Fsp3) is 0.529. The van der Waals surface area contributed by atoms with Crippen LogP contribution in [0.4, 0.5) is 10.5 Å². The average molecular weight is 320 g/mol. The van der Waals surface area contributed by atoms with Gasteiger partial charge < -0.3 is 19.7 Å². The molecule has 0 atom stereocenters. The summed E-state index contributed by atoms with van der Waals surface area (Å²) in [6.45, 7) is 8.57. The van der Waals surface area contributed by atoms with E-state index in [1.807, 2.05) is 39.8 Å². The lowest BCUT2D eigenvalue weighted by Crippen LogP contribution is -2.57. The zero-order valence-electron chi connectivity index (χ0n) is 14.3. The number of hydrogen-bond acceptors (Lipinski definition) is 5. The van der Waals surface area contributed by atoms with E-state index in [4.69, 9.17) is 9.47 Å². The number of likely N-dealkylation sites (tertiary alicyclic amines) is 1. The summed E-state index contributed by atoms with van der Waals surface area (Å²) in [5, 5.41) is 3.32. The molecule has 1 aromatic rings. The van der Waals surface area contributed by atoms with Crippen molar-refractivity contribution in [3.63, 3.8) is 0 Å². The van der Waals surface area contributed by atoms with Gasteiger partial charge in [-0.1, -0.05) is 6.07 Å². The third-order valence-corrected chi connectivity index (χ3v) is 3.55. The molecule has 1 saturated heterocycles. The first kappa shape index (κ1) is 17.1. The molecular formula is C17H24N2O4. The zero-order chi connectivity index (χ0) is 17.2. The molecule has 1 aliphatic heterocycles. The molecule has 1 aliphatic rings. The van der Waals surface area contributed by atoms with Gasteiger partial charge >= 0.3 is 12.1 Å². The van der Waals surface area contributed by atoms with E-state index >= 15 is 0 Å². The lowest BCUT2D eigenvalue weighted by Gasteiger charge is -2.40. The number of aryl methyl sites for hydroxylation is 1. The van der Waals surface area contributed by atoms with Gasteiger partial charge in [-0.05, 0) is 45.4 Å². The Bertz CT molecular complexity index is 601.